The first kappa shape index (κ1) is 15.2. The summed E-state index contributed by atoms with van der Waals surface area (Å²) in [5.74, 6) is -2.70. The van der Waals surface area contributed by atoms with Crippen molar-refractivity contribution in [2.45, 2.75) is 12.7 Å². The number of nitrogens with zero attached hydrogens (tertiary/aromatic N) is 3. The average molecular weight is 324 g/mol. The molecule has 0 atom stereocenters. The highest BCUT2D eigenvalue weighted by Crippen LogP contribution is 2.31. The van der Waals surface area contributed by atoms with Crippen LogP contribution in [0.15, 0.2) is 18.2 Å². The minimum Gasteiger partial charge on any atom is -0.476 e. The molecular formula is C11H6ClF4N3O2. The Hall–Kier alpha value is -2.16. The molecule has 0 radical (unpaired) electrons. The van der Waals surface area contributed by atoms with Crippen LogP contribution < -0.4 is 0 Å². The number of carboxylic acid groups (broad SMARTS) is 1. The van der Waals surface area contributed by atoms with Gasteiger partial charge in [-0.15, -0.1) is 5.10 Å². The van der Waals surface area contributed by atoms with E-state index in [1.54, 1.807) is 0 Å². The van der Waals surface area contributed by atoms with Crippen LogP contribution in [0.2, 0.25) is 5.02 Å². The lowest BCUT2D eigenvalue weighted by molar-refractivity contribution is -0.144. The highest BCUT2D eigenvalue weighted by atomic mass is 35.5. The van der Waals surface area contributed by atoms with Crippen LogP contribution in [0.5, 0.6) is 0 Å². The van der Waals surface area contributed by atoms with Gasteiger partial charge in [0.25, 0.3) is 0 Å². The molecule has 1 aromatic carbocycles. The second-order valence-corrected chi connectivity index (χ2v) is 4.42. The molecule has 0 aliphatic rings. The molecule has 0 aliphatic heterocycles. The van der Waals surface area contributed by atoms with Crippen molar-refractivity contribution in [1.29, 1.82) is 0 Å². The molecule has 0 saturated heterocycles. The van der Waals surface area contributed by atoms with E-state index < -0.39 is 35.9 Å². The van der Waals surface area contributed by atoms with Crippen LogP contribution in [-0.4, -0.2) is 26.1 Å². The molecule has 112 valence electrons. The Balaban J connectivity index is 2.47. The van der Waals surface area contributed by atoms with Crippen molar-refractivity contribution < 1.29 is 27.5 Å². The molecule has 1 N–H and O–H groups in total. The van der Waals surface area contributed by atoms with Crippen molar-refractivity contribution in [1.82, 2.24) is 15.0 Å². The fourth-order valence-electron chi connectivity index (χ4n) is 1.66. The maximum absolute atomic E-state index is 13.6. The number of hydrogen-bond donors (Lipinski definition) is 1. The molecule has 2 aromatic rings. The molecule has 0 spiro atoms. The molecule has 1 aromatic heterocycles. The van der Waals surface area contributed by atoms with Crippen molar-refractivity contribution in [2.24, 2.45) is 0 Å². The first-order chi connectivity index (χ1) is 9.70. The molecule has 0 bridgehead atoms. The van der Waals surface area contributed by atoms with E-state index in [0.29, 0.717) is 0 Å². The summed E-state index contributed by atoms with van der Waals surface area (Å²) in [5, 5.41) is 14.9. The zero-order valence-electron chi connectivity index (χ0n) is 10.0. The highest BCUT2D eigenvalue weighted by molar-refractivity contribution is 6.30. The van der Waals surface area contributed by atoms with Gasteiger partial charge in [-0.25, -0.2) is 13.9 Å². The van der Waals surface area contributed by atoms with Crippen LogP contribution in [0.25, 0.3) is 0 Å². The molecule has 5 nitrogen and oxygen atoms in total. The van der Waals surface area contributed by atoms with E-state index in [2.05, 4.69) is 10.3 Å². The highest BCUT2D eigenvalue weighted by Gasteiger charge is 2.41. The van der Waals surface area contributed by atoms with E-state index in [1.807, 2.05) is 0 Å². The van der Waals surface area contributed by atoms with E-state index in [0.717, 1.165) is 6.07 Å². The standard InChI is InChI=1S/C11H6ClF4N3O2/c12-6-2-1-5(7(13)3-6)4-19-9(11(14,15)16)8(10(20)21)17-18-19/h1-3H,4H2,(H,20,21). The lowest BCUT2D eigenvalue weighted by Crippen LogP contribution is -2.19. The summed E-state index contributed by atoms with van der Waals surface area (Å²) in [6, 6.07) is 3.40. The van der Waals surface area contributed by atoms with E-state index in [1.165, 1.54) is 12.1 Å². The van der Waals surface area contributed by atoms with Gasteiger partial charge in [0.1, 0.15) is 5.82 Å². The number of benzene rings is 1. The third-order valence-electron chi connectivity index (χ3n) is 2.54. The van der Waals surface area contributed by atoms with Crippen molar-refractivity contribution in [3.8, 4) is 0 Å². The maximum atomic E-state index is 13.6. The van der Waals surface area contributed by atoms with Gasteiger partial charge >= 0.3 is 12.1 Å². The molecule has 1 heterocycles. The van der Waals surface area contributed by atoms with Crippen molar-refractivity contribution in [3.05, 3.63) is 46.0 Å². The number of halogens is 5. The summed E-state index contributed by atoms with van der Waals surface area (Å²) < 4.78 is 52.5. The number of carbonyl (C=O) groups is 1. The van der Waals surface area contributed by atoms with Gasteiger partial charge in [0.05, 0.1) is 6.54 Å². The van der Waals surface area contributed by atoms with Crippen molar-refractivity contribution in [3.63, 3.8) is 0 Å². The topological polar surface area (TPSA) is 68.0 Å². The molecule has 0 amide bonds. The van der Waals surface area contributed by atoms with E-state index in [-0.39, 0.29) is 15.3 Å². The van der Waals surface area contributed by atoms with Gasteiger partial charge < -0.3 is 5.11 Å². The molecule has 2 rings (SSSR count). The normalized spacial score (nSPS) is 11.7. The molecule has 0 unspecified atom stereocenters. The quantitative estimate of drug-likeness (QED) is 0.882. The third kappa shape index (κ3) is 3.13. The Kier molecular flexibility index (Phi) is 3.86. The van der Waals surface area contributed by atoms with Crippen molar-refractivity contribution >= 4 is 17.6 Å². The zero-order chi connectivity index (χ0) is 15.8. The number of aromatic nitrogens is 3. The summed E-state index contributed by atoms with van der Waals surface area (Å²) in [4.78, 5) is 10.7. The zero-order valence-corrected chi connectivity index (χ0v) is 10.8. The van der Waals surface area contributed by atoms with Gasteiger partial charge in [-0.1, -0.05) is 22.9 Å². The number of carboxylic acids is 1. The second kappa shape index (κ2) is 5.32. The minimum absolute atomic E-state index is 0.0807. The van der Waals surface area contributed by atoms with E-state index >= 15 is 0 Å². The fraction of sp³-hybridized carbons (Fsp3) is 0.182. The number of aromatic carboxylic acids is 1. The SMILES string of the molecule is O=C(O)c1nnn(Cc2ccc(Cl)cc2F)c1C(F)(F)F. The summed E-state index contributed by atoms with van der Waals surface area (Å²) in [6.07, 6.45) is -4.99. The van der Waals surface area contributed by atoms with Gasteiger partial charge in [-0.2, -0.15) is 13.2 Å². The third-order valence-corrected chi connectivity index (χ3v) is 2.78. The summed E-state index contributed by atoms with van der Waals surface area (Å²) in [7, 11) is 0. The minimum atomic E-state index is -4.99. The second-order valence-electron chi connectivity index (χ2n) is 3.98. The first-order valence-electron chi connectivity index (χ1n) is 5.38. The predicted molar refractivity (Wildman–Crippen MR) is 62.5 cm³/mol. The van der Waals surface area contributed by atoms with Gasteiger partial charge in [0, 0.05) is 10.6 Å². The molecule has 21 heavy (non-hydrogen) atoms. The Morgan fingerprint density at radius 2 is 2.05 bits per heavy atom. The molecule has 10 heteroatoms. The lowest BCUT2D eigenvalue weighted by Gasteiger charge is -2.10. The molecule has 0 aliphatic carbocycles. The fourth-order valence-corrected chi connectivity index (χ4v) is 1.82. The number of rotatable bonds is 3. The predicted octanol–water partition coefficient (Wildman–Crippen LogP) is 2.84. The molecule has 0 saturated carbocycles. The van der Waals surface area contributed by atoms with Gasteiger partial charge in [-0.05, 0) is 12.1 Å². The summed E-state index contributed by atoms with van der Waals surface area (Å²) >= 11 is 5.54. The van der Waals surface area contributed by atoms with E-state index in [9.17, 15) is 22.4 Å². The van der Waals surface area contributed by atoms with Crippen LogP contribution in [0, 0.1) is 5.82 Å². The van der Waals surface area contributed by atoms with Crippen LogP contribution in [0.4, 0.5) is 17.6 Å². The van der Waals surface area contributed by atoms with Crippen LogP contribution >= 0.6 is 11.6 Å². The molecular weight excluding hydrogens is 318 g/mol. The average Bonchev–Trinajstić information content (AvgIpc) is 2.76. The Bertz CT molecular complexity index is 699. The maximum Gasteiger partial charge on any atom is 0.435 e. The van der Waals surface area contributed by atoms with Gasteiger partial charge in [-0.3, -0.25) is 0 Å². The molecule has 0 fully saturated rings. The Morgan fingerprint density at radius 3 is 2.57 bits per heavy atom. The Morgan fingerprint density at radius 1 is 1.38 bits per heavy atom. The smallest absolute Gasteiger partial charge is 0.435 e. The van der Waals surface area contributed by atoms with Gasteiger partial charge in [0.15, 0.2) is 5.69 Å². The number of alkyl halides is 3. The Labute approximate surface area is 119 Å². The monoisotopic (exact) mass is 323 g/mol. The first-order valence-corrected chi connectivity index (χ1v) is 5.76. The summed E-state index contributed by atoms with van der Waals surface area (Å²) in [6.45, 7) is -0.627. The number of hydrogen-bond acceptors (Lipinski definition) is 3. The van der Waals surface area contributed by atoms with Crippen LogP contribution in [0.1, 0.15) is 21.7 Å². The summed E-state index contributed by atoms with van der Waals surface area (Å²) in [5.41, 5.74) is -2.92. The van der Waals surface area contributed by atoms with Gasteiger partial charge in [0.2, 0.25) is 5.69 Å². The van der Waals surface area contributed by atoms with Crippen molar-refractivity contribution in [2.75, 3.05) is 0 Å². The van der Waals surface area contributed by atoms with Crippen LogP contribution in [0.3, 0.4) is 0 Å². The van der Waals surface area contributed by atoms with E-state index in [4.69, 9.17) is 16.7 Å². The largest absolute Gasteiger partial charge is 0.476 e. The lowest BCUT2D eigenvalue weighted by atomic mass is 10.2. The van der Waals surface area contributed by atoms with Crippen LogP contribution in [-0.2, 0) is 12.7 Å².